The second kappa shape index (κ2) is 7.80. The van der Waals surface area contributed by atoms with Crippen molar-refractivity contribution < 1.29 is 14.4 Å². The molecule has 0 aromatic heterocycles. The van der Waals surface area contributed by atoms with Crippen LogP contribution in [0.4, 0.5) is 0 Å². The van der Waals surface area contributed by atoms with E-state index in [4.69, 9.17) is 0 Å². The van der Waals surface area contributed by atoms with Crippen molar-refractivity contribution in [2.75, 3.05) is 0 Å². The second-order valence-electron chi connectivity index (χ2n) is 9.75. The van der Waals surface area contributed by atoms with Gasteiger partial charge in [0.1, 0.15) is 6.04 Å². The first-order valence-corrected chi connectivity index (χ1v) is 11.5. The van der Waals surface area contributed by atoms with E-state index in [2.05, 4.69) is 16.7 Å². The summed E-state index contributed by atoms with van der Waals surface area (Å²) in [5, 5.41) is 6.09. The number of rotatable bonds is 4. The summed E-state index contributed by atoms with van der Waals surface area (Å²) in [6.07, 6.45) is 11.7. The van der Waals surface area contributed by atoms with Gasteiger partial charge in [0.25, 0.3) is 5.91 Å². The molecule has 30 heavy (non-hydrogen) atoms. The third-order valence-corrected chi connectivity index (χ3v) is 7.89. The van der Waals surface area contributed by atoms with E-state index in [-0.39, 0.29) is 24.1 Å². The molecule has 6 heteroatoms. The van der Waals surface area contributed by atoms with Gasteiger partial charge < -0.3 is 10.2 Å². The van der Waals surface area contributed by atoms with Crippen LogP contribution < -0.4 is 10.6 Å². The zero-order valence-corrected chi connectivity index (χ0v) is 17.5. The van der Waals surface area contributed by atoms with Crippen molar-refractivity contribution in [3.8, 4) is 0 Å². The number of hydrogen-bond acceptors (Lipinski definition) is 4. The van der Waals surface area contributed by atoms with Gasteiger partial charge in [0.15, 0.2) is 0 Å². The van der Waals surface area contributed by atoms with Crippen LogP contribution in [0.1, 0.15) is 85.7 Å². The Morgan fingerprint density at radius 1 is 1.03 bits per heavy atom. The van der Waals surface area contributed by atoms with Gasteiger partial charge in [0.05, 0.1) is 0 Å². The number of imide groups is 1. The molecule has 5 rings (SSSR count). The first-order valence-electron chi connectivity index (χ1n) is 11.5. The number of hydrogen-bond donors (Lipinski definition) is 2. The fourth-order valence-electron chi connectivity index (χ4n) is 6.06. The Morgan fingerprint density at radius 3 is 2.53 bits per heavy atom. The van der Waals surface area contributed by atoms with E-state index < -0.39 is 6.04 Å². The third kappa shape index (κ3) is 3.66. The van der Waals surface area contributed by atoms with Gasteiger partial charge in [0, 0.05) is 31.1 Å². The van der Waals surface area contributed by atoms with Gasteiger partial charge in [-0.15, -0.1) is 0 Å². The molecule has 6 nitrogen and oxygen atoms in total. The van der Waals surface area contributed by atoms with E-state index in [1.165, 1.54) is 56.9 Å². The quantitative estimate of drug-likeness (QED) is 0.750. The Balaban J connectivity index is 1.19. The maximum Gasteiger partial charge on any atom is 0.255 e. The fraction of sp³-hybridized carbons (Fsp3) is 0.625. The van der Waals surface area contributed by atoms with E-state index in [9.17, 15) is 14.4 Å². The molecule has 1 atom stereocenters. The molecular formula is C24H31N3O3. The van der Waals surface area contributed by atoms with Gasteiger partial charge >= 0.3 is 0 Å². The monoisotopic (exact) mass is 409 g/mol. The molecule has 2 heterocycles. The van der Waals surface area contributed by atoms with Gasteiger partial charge in [-0.25, -0.2) is 0 Å². The standard InChI is InChI=1S/C24H31N3O3/c28-21-6-5-20(22(29)26-21)27-15-17-13-16(3-4-19(17)23(27)30)14-25-18-7-11-24(12-8-18)9-1-2-10-24/h3-4,13,18,20,25H,1-2,5-12,14-15H2,(H,26,28,29). The second-order valence-corrected chi connectivity index (χ2v) is 9.75. The maximum atomic E-state index is 12.8. The van der Waals surface area contributed by atoms with Crippen LogP contribution in [-0.2, 0) is 22.7 Å². The van der Waals surface area contributed by atoms with E-state index in [1.54, 1.807) is 4.90 Å². The lowest BCUT2D eigenvalue weighted by Crippen LogP contribution is -2.52. The predicted molar refractivity (Wildman–Crippen MR) is 112 cm³/mol. The van der Waals surface area contributed by atoms with Crippen LogP contribution >= 0.6 is 0 Å². The predicted octanol–water partition coefficient (Wildman–Crippen LogP) is 3.04. The van der Waals surface area contributed by atoms with E-state index >= 15 is 0 Å². The van der Waals surface area contributed by atoms with Crippen LogP contribution in [-0.4, -0.2) is 34.7 Å². The minimum atomic E-state index is -0.547. The number of piperidine rings is 1. The van der Waals surface area contributed by atoms with Crippen LogP contribution in [0.25, 0.3) is 0 Å². The molecule has 2 aliphatic heterocycles. The molecule has 2 N–H and O–H groups in total. The smallest absolute Gasteiger partial charge is 0.255 e. The number of nitrogens with zero attached hydrogens (tertiary/aromatic N) is 1. The normalized spacial score (nSPS) is 26.3. The summed E-state index contributed by atoms with van der Waals surface area (Å²) < 4.78 is 0. The molecule has 0 bridgehead atoms. The molecule has 1 spiro atoms. The average Bonchev–Trinajstić information content (AvgIpc) is 3.32. The number of amides is 3. The van der Waals surface area contributed by atoms with Crippen molar-refractivity contribution in [3.63, 3.8) is 0 Å². The van der Waals surface area contributed by atoms with Crippen molar-refractivity contribution >= 4 is 17.7 Å². The zero-order chi connectivity index (χ0) is 20.7. The van der Waals surface area contributed by atoms with E-state index in [0.717, 1.165) is 12.1 Å². The minimum absolute atomic E-state index is 0.104. The number of carbonyl (C=O) groups excluding carboxylic acids is 3. The largest absolute Gasteiger partial charge is 0.322 e. The van der Waals surface area contributed by atoms with Gasteiger partial charge in [0.2, 0.25) is 11.8 Å². The van der Waals surface area contributed by atoms with Crippen molar-refractivity contribution in [3.05, 3.63) is 34.9 Å². The molecule has 2 aliphatic carbocycles. The number of carbonyl (C=O) groups is 3. The summed E-state index contributed by atoms with van der Waals surface area (Å²) >= 11 is 0. The molecular weight excluding hydrogens is 378 g/mol. The summed E-state index contributed by atoms with van der Waals surface area (Å²) in [6.45, 7) is 1.26. The third-order valence-electron chi connectivity index (χ3n) is 7.89. The summed E-state index contributed by atoms with van der Waals surface area (Å²) in [5.74, 6) is -0.713. The molecule has 1 saturated heterocycles. The van der Waals surface area contributed by atoms with Crippen LogP contribution in [0.15, 0.2) is 18.2 Å². The number of benzene rings is 1. The zero-order valence-electron chi connectivity index (χ0n) is 17.5. The van der Waals surface area contributed by atoms with Crippen molar-refractivity contribution in [2.45, 2.75) is 89.4 Å². The highest BCUT2D eigenvalue weighted by Crippen LogP contribution is 2.48. The Hall–Kier alpha value is -2.21. The average molecular weight is 410 g/mol. The first-order chi connectivity index (χ1) is 14.5. The number of nitrogens with one attached hydrogen (secondary N) is 2. The molecule has 3 amide bonds. The lowest BCUT2D eigenvalue weighted by molar-refractivity contribution is -0.136. The minimum Gasteiger partial charge on any atom is -0.322 e. The molecule has 1 aromatic rings. The van der Waals surface area contributed by atoms with Gasteiger partial charge in [-0.3, -0.25) is 19.7 Å². The van der Waals surface area contributed by atoms with Crippen molar-refractivity contribution in [1.29, 1.82) is 0 Å². The topological polar surface area (TPSA) is 78.5 Å². The Bertz CT molecular complexity index is 864. The summed E-state index contributed by atoms with van der Waals surface area (Å²) in [6, 6.07) is 6.07. The van der Waals surface area contributed by atoms with Crippen LogP contribution in [0.5, 0.6) is 0 Å². The fourth-order valence-corrected chi connectivity index (χ4v) is 6.06. The lowest BCUT2D eigenvalue weighted by Gasteiger charge is -2.37. The van der Waals surface area contributed by atoms with E-state index in [0.29, 0.717) is 30.0 Å². The highest BCUT2D eigenvalue weighted by molar-refractivity contribution is 6.05. The van der Waals surface area contributed by atoms with Crippen molar-refractivity contribution in [1.82, 2.24) is 15.5 Å². The maximum absolute atomic E-state index is 12.8. The summed E-state index contributed by atoms with van der Waals surface area (Å²) in [5.41, 5.74) is 3.51. The molecule has 0 radical (unpaired) electrons. The Morgan fingerprint density at radius 2 is 1.80 bits per heavy atom. The molecule has 1 unspecified atom stereocenters. The lowest BCUT2D eigenvalue weighted by atomic mass is 9.71. The SMILES string of the molecule is O=C1CCC(N2Cc3cc(CNC4CCC5(CCCC5)CC4)ccc3C2=O)C(=O)N1. The van der Waals surface area contributed by atoms with Gasteiger partial charge in [-0.1, -0.05) is 25.0 Å². The molecule has 160 valence electrons. The number of fused-ring (bicyclic) bond motifs is 1. The molecule has 3 fully saturated rings. The van der Waals surface area contributed by atoms with Gasteiger partial charge in [-0.2, -0.15) is 0 Å². The Labute approximate surface area is 177 Å². The van der Waals surface area contributed by atoms with Crippen LogP contribution in [0, 0.1) is 5.41 Å². The summed E-state index contributed by atoms with van der Waals surface area (Å²) in [4.78, 5) is 38.0. The summed E-state index contributed by atoms with van der Waals surface area (Å²) in [7, 11) is 0. The molecule has 2 saturated carbocycles. The van der Waals surface area contributed by atoms with Crippen molar-refractivity contribution in [2.24, 2.45) is 5.41 Å². The highest BCUT2D eigenvalue weighted by atomic mass is 16.2. The highest BCUT2D eigenvalue weighted by Gasteiger charge is 2.39. The molecule has 4 aliphatic rings. The Kier molecular flexibility index (Phi) is 5.13. The van der Waals surface area contributed by atoms with Crippen LogP contribution in [0.2, 0.25) is 0 Å². The van der Waals surface area contributed by atoms with E-state index in [1.807, 2.05) is 12.1 Å². The first kappa shape index (κ1) is 19.7. The molecule has 1 aromatic carbocycles. The van der Waals surface area contributed by atoms with Crippen LogP contribution in [0.3, 0.4) is 0 Å². The van der Waals surface area contributed by atoms with Gasteiger partial charge in [-0.05, 0) is 67.6 Å².